The molecule has 0 fully saturated rings. The third kappa shape index (κ3) is 3.24. The summed E-state index contributed by atoms with van der Waals surface area (Å²) < 4.78 is 3.01. The van der Waals surface area contributed by atoms with E-state index in [1.165, 1.54) is 18.7 Å². The molecule has 0 aliphatic heterocycles. The van der Waals surface area contributed by atoms with Crippen LogP contribution in [0.3, 0.4) is 0 Å². The largest absolute Gasteiger partial charge is 0.310 e. The predicted molar refractivity (Wildman–Crippen MR) is 78.7 cm³/mol. The van der Waals surface area contributed by atoms with Crippen LogP contribution < -0.4 is 4.72 Å². The van der Waals surface area contributed by atoms with E-state index < -0.39 is 10.2 Å². The van der Waals surface area contributed by atoms with Crippen LogP contribution in [0.25, 0.3) is 0 Å². The van der Waals surface area contributed by atoms with Gasteiger partial charge in [0.15, 0.2) is 0 Å². The van der Waals surface area contributed by atoms with E-state index in [1.807, 2.05) is 36.8 Å². The highest BCUT2D eigenvalue weighted by atomic mass is 35.5. The monoisotopic (exact) mass is 295 g/mol. The molecule has 4 nitrogen and oxygen atoms in total. The molecule has 6 heteroatoms. The van der Waals surface area contributed by atoms with Crippen molar-refractivity contribution in [3.63, 3.8) is 0 Å². The number of aromatic nitrogens is 2. The molecule has 2 aromatic rings. The number of hydrogen-bond donors (Lipinski definition) is 1. The normalized spacial score (nSPS) is 11.9. The molecule has 0 radical (unpaired) electrons. The number of amides is 1. The molecule has 0 aliphatic carbocycles. The maximum absolute atomic E-state index is 12.1. The minimum atomic E-state index is -1.53. The summed E-state index contributed by atoms with van der Waals surface area (Å²) in [5.74, 6) is -0.194. The molecule has 0 spiro atoms. The molecular weight excluding hydrogens is 282 g/mol. The summed E-state index contributed by atoms with van der Waals surface area (Å²) in [6.45, 7) is 0. The molecule has 0 saturated carbocycles. The summed E-state index contributed by atoms with van der Waals surface area (Å²) in [4.78, 5) is 20.8. The molecule has 1 heterocycles. The summed E-state index contributed by atoms with van der Waals surface area (Å²) in [7, 11) is -1.53. The molecule has 0 atom stereocenters. The van der Waals surface area contributed by atoms with Crippen molar-refractivity contribution in [2.24, 2.45) is 0 Å². The Morgan fingerprint density at radius 3 is 2.47 bits per heavy atom. The summed E-state index contributed by atoms with van der Waals surface area (Å²) in [6.07, 6.45) is 8.34. The number of carbonyl (C=O) groups is 1. The van der Waals surface area contributed by atoms with Crippen LogP contribution in [0.1, 0.15) is 10.4 Å². The Kier molecular flexibility index (Phi) is 4.07. The van der Waals surface area contributed by atoms with Crippen molar-refractivity contribution in [1.29, 1.82) is 0 Å². The quantitative estimate of drug-likeness (QED) is 0.947. The van der Waals surface area contributed by atoms with Gasteiger partial charge in [0.25, 0.3) is 5.91 Å². The van der Waals surface area contributed by atoms with Crippen LogP contribution in [-0.4, -0.2) is 28.4 Å². The van der Waals surface area contributed by atoms with Gasteiger partial charge in [-0.1, -0.05) is 23.7 Å². The second kappa shape index (κ2) is 5.59. The van der Waals surface area contributed by atoms with Crippen molar-refractivity contribution in [2.45, 2.75) is 4.90 Å². The van der Waals surface area contributed by atoms with Gasteiger partial charge >= 0.3 is 0 Å². The minimum absolute atomic E-state index is 0.194. The molecule has 2 rings (SSSR count). The zero-order valence-electron chi connectivity index (χ0n) is 10.6. The van der Waals surface area contributed by atoms with Gasteiger partial charge in [-0.15, -0.1) is 10.2 Å². The number of nitrogens with one attached hydrogen (secondary N) is 1. The fourth-order valence-electron chi connectivity index (χ4n) is 1.62. The van der Waals surface area contributed by atoms with Gasteiger partial charge in [0.05, 0.1) is 10.6 Å². The molecule has 0 unspecified atom stereocenters. The zero-order valence-corrected chi connectivity index (χ0v) is 12.2. The van der Waals surface area contributed by atoms with Crippen molar-refractivity contribution in [1.82, 2.24) is 14.7 Å². The van der Waals surface area contributed by atoms with Crippen molar-refractivity contribution in [3.8, 4) is 0 Å². The first kappa shape index (κ1) is 13.8. The maximum atomic E-state index is 12.1. The predicted octanol–water partition coefficient (Wildman–Crippen LogP) is 2.90. The molecule has 1 aromatic heterocycles. The molecule has 1 N–H and O–H groups in total. The Morgan fingerprint density at radius 2 is 1.84 bits per heavy atom. The minimum Gasteiger partial charge on any atom is -0.310 e. The van der Waals surface area contributed by atoms with E-state index in [2.05, 4.69) is 14.7 Å². The molecular formula is C13H14ClN3OS. The number of benzene rings is 1. The van der Waals surface area contributed by atoms with Gasteiger partial charge in [-0.25, -0.2) is 9.97 Å². The van der Waals surface area contributed by atoms with E-state index >= 15 is 0 Å². The van der Waals surface area contributed by atoms with Crippen LogP contribution in [-0.2, 0) is 0 Å². The number of carbonyl (C=O) groups excluding carboxylic acids is 1. The first-order valence-corrected chi connectivity index (χ1v) is 8.38. The number of rotatable bonds is 3. The average molecular weight is 296 g/mol. The van der Waals surface area contributed by atoms with Gasteiger partial charge in [0.1, 0.15) is 6.33 Å². The number of nitrogens with zero attached hydrogens (tertiary/aromatic N) is 2. The van der Waals surface area contributed by atoms with E-state index in [0.717, 1.165) is 4.90 Å². The van der Waals surface area contributed by atoms with Crippen LogP contribution in [0, 0.1) is 0 Å². The third-order valence-electron chi connectivity index (χ3n) is 2.56. The van der Waals surface area contributed by atoms with E-state index in [4.69, 9.17) is 11.6 Å². The molecule has 0 saturated heterocycles. The van der Waals surface area contributed by atoms with Gasteiger partial charge in [-0.2, -0.15) is 0 Å². The molecule has 0 bridgehead atoms. The van der Waals surface area contributed by atoms with Crippen LogP contribution in [0.2, 0.25) is 5.02 Å². The highest BCUT2D eigenvalue weighted by molar-refractivity contribution is 8.31. The molecule has 0 aliphatic rings. The molecule has 19 heavy (non-hydrogen) atoms. The Balaban J connectivity index is 2.23. The number of halogens is 1. The van der Waals surface area contributed by atoms with Crippen molar-refractivity contribution in [3.05, 3.63) is 53.6 Å². The maximum Gasteiger partial charge on any atom is 0.263 e. The lowest BCUT2D eigenvalue weighted by molar-refractivity contribution is 0.0982. The third-order valence-corrected chi connectivity index (χ3v) is 5.15. The Morgan fingerprint density at radius 1 is 1.21 bits per heavy atom. The fourth-order valence-corrected chi connectivity index (χ4v) is 4.00. The van der Waals surface area contributed by atoms with Crippen molar-refractivity contribution < 1.29 is 4.79 Å². The SMILES string of the molecule is CS(C)(NC(=O)c1cncnc1)c1ccccc1Cl. The van der Waals surface area contributed by atoms with Gasteiger partial charge in [-0.05, 0) is 24.6 Å². The van der Waals surface area contributed by atoms with Crippen LogP contribution in [0.5, 0.6) is 0 Å². The van der Waals surface area contributed by atoms with E-state index in [9.17, 15) is 4.79 Å². The van der Waals surface area contributed by atoms with E-state index in [1.54, 1.807) is 0 Å². The highest BCUT2D eigenvalue weighted by Crippen LogP contribution is 2.48. The molecule has 1 aromatic carbocycles. The van der Waals surface area contributed by atoms with Gasteiger partial charge in [-0.3, -0.25) is 4.79 Å². The summed E-state index contributed by atoms with van der Waals surface area (Å²) in [5, 5.41) is 0.659. The second-order valence-corrected chi connectivity index (χ2v) is 8.02. The zero-order chi connectivity index (χ0) is 13.9. The van der Waals surface area contributed by atoms with Gasteiger partial charge in [0, 0.05) is 17.3 Å². The summed E-state index contributed by atoms with van der Waals surface area (Å²) in [6, 6.07) is 7.53. The first-order chi connectivity index (χ1) is 9.00. The van der Waals surface area contributed by atoms with Crippen LogP contribution in [0.4, 0.5) is 0 Å². The highest BCUT2D eigenvalue weighted by Gasteiger charge is 2.21. The van der Waals surface area contributed by atoms with Crippen LogP contribution >= 0.6 is 21.8 Å². The Labute approximate surface area is 118 Å². The summed E-state index contributed by atoms with van der Waals surface area (Å²) >= 11 is 6.18. The first-order valence-electron chi connectivity index (χ1n) is 5.56. The molecule has 1 amide bonds. The lowest BCUT2D eigenvalue weighted by Crippen LogP contribution is -2.27. The van der Waals surface area contributed by atoms with E-state index in [0.29, 0.717) is 10.6 Å². The van der Waals surface area contributed by atoms with Crippen molar-refractivity contribution >= 4 is 27.7 Å². The van der Waals surface area contributed by atoms with Gasteiger partial charge < -0.3 is 4.72 Å². The fraction of sp³-hybridized carbons (Fsp3) is 0.154. The molecule has 100 valence electrons. The summed E-state index contributed by atoms with van der Waals surface area (Å²) in [5.41, 5.74) is 0.440. The average Bonchev–Trinajstić information content (AvgIpc) is 2.39. The standard InChI is InChI=1S/C13H14ClN3OS/c1-19(2,12-6-4-3-5-11(12)14)17-13(18)10-7-15-9-16-8-10/h3-9H,1-2H3,(H,17,18). The topological polar surface area (TPSA) is 54.9 Å². The van der Waals surface area contributed by atoms with Gasteiger partial charge in [0.2, 0.25) is 0 Å². The second-order valence-electron chi connectivity index (χ2n) is 4.32. The lowest BCUT2D eigenvalue weighted by atomic mass is 10.3. The van der Waals surface area contributed by atoms with Crippen LogP contribution in [0.15, 0.2) is 47.9 Å². The Hall–Kier alpha value is -1.59. The van der Waals surface area contributed by atoms with E-state index in [-0.39, 0.29) is 5.91 Å². The smallest absolute Gasteiger partial charge is 0.263 e. The van der Waals surface area contributed by atoms with Crippen molar-refractivity contribution in [2.75, 3.05) is 12.5 Å². The lowest BCUT2D eigenvalue weighted by Gasteiger charge is -2.33. The Bertz CT molecular complexity index is 589. The number of hydrogen-bond acceptors (Lipinski definition) is 3.